The van der Waals surface area contributed by atoms with Gasteiger partial charge in [0.1, 0.15) is 0 Å². The van der Waals surface area contributed by atoms with Crippen molar-refractivity contribution in [2.75, 3.05) is 0 Å². The largest absolute Gasteiger partial charge is 0.494 e. The van der Waals surface area contributed by atoms with Gasteiger partial charge in [-0.2, -0.15) is 0 Å². The number of benzene rings is 12. The first-order valence-electron chi connectivity index (χ1n) is 37.8. The molecule has 3 heterocycles. The van der Waals surface area contributed by atoms with Crippen molar-refractivity contribution in [3.8, 4) is 123 Å². The molecule has 14 aromatic rings. The Hall–Kier alpha value is -10.9. The van der Waals surface area contributed by atoms with E-state index in [1.54, 1.807) is 0 Å². The van der Waals surface area contributed by atoms with Gasteiger partial charge >= 0.3 is 7.12 Å². The average Bonchev–Trinajstić information content (AvgIpc) is 1.57. The monoisotopic (exact) mass is 1390 g/mol. The zero-order chi connectivity index (χ0) is 71.8. The third-order valence-electron chi connectivity index (χ3n) is 23.2. The SMILES string of the molecule is CC1(C)OB(c2ccc3c(c2)-c2ccccc2C32CCCCC2)OC1(C)C.Clc1cccc(-c2cc(-c3ccc(-c4ccccc4)cc3)nc(-c3ccccc3)n2)c1.c1ccc(-c2ccc(-c3cc(-c4cccc(-c5ccc6c(c5)-c5ccccc5C65CCCCC5)c4)nc(-c4ccccc4)n3)cc2)cc1. The summed E-state index contributed by atoms with van der Waals surface area (Å²) in [6.07, 6.45) is 13.0. The molecule has 518 valence electrons. The third kappa shape index (κ3) is 13.2. The normalized spacial score (nSPS) is 15.8. The van der Waals surface area contributed by atoms with Crippen molar-refractivity contribution in [3.63, 3.8) is 0 Å². The Morgan fingerprint density at radius 3 is 1.06 bits per heavy atom. The molecule has 2 spiro atoms. The Kier molecular flexibility index (Phi) is 18.6. The summed E-state index contributed by atoms with van der Waals surface area (Å²) in [6.45, 7) is 8.47. The molecule has 2 saturated carbocycles. The van der Waals surface area contributed by atoms with E-state index in [9.17, 15) is 0 Å². The number of rotatable bonds is 10. The van der Waals surface area contributed by atoms with E-state index in [1.165, 1.54) is 142 Å². The van der Waals surface area contributed by atoms with Gasteiger partial charge in [-0.25, -0.2) is 19.9 Å². The zero-order valence-electron chi connectivity index (χ0n) is 60.7. The Morgan fingerprint density at radius 1 is 0.264 bits per heavy atom. The van der Waals surface area contributed by atoms with Gasteiger partial charge in [-0.3, -0.25) is 0 Å². The average molecular weight is 1400 g/mol. The molecule has 6 nitrogen and oxygen atoms in total. The number of hydrogen-bond donors (Lipinski definition) is 0. The predicted molar refractivity (Wildman–Crippen MR) is 439 cm³/mol. The summed E-state index contributed by atoms with van der Waals surface area (Å²) < 4.78 is 12.6. The molecule has 2 aromatic heterocycles. The molecule has 0 radical (unpaired) electrons. The van der Waals surface area contributed by atoms with Crippen LogP contribution in [0.3, 0.4) is 0 Å². The predicted octanol–water partition coefficient (Wildman–Crippen LogP) is 25.1. The Labute approximate surface area is 629 Å². The molecule has 8 heteroatoms. The fourth-order valence-electron chi connectivity index (χ4n) is 17.0. The Balaban J connectivity index is 0.000000124. The van der Waals surface area contributed by atoms with E-state index < -0.39 is 0 Å². The molecule has 5 aliphatic rings. The highest BCUT2D eigenvalue weighted by atomic mass is 35.5. The van der Waals surface area contributed by atoms with Gasteiger partial charge in [0.2, 0.25) is 0 Å². The number of halogens is 1. The van der Waals surface area contributed by atoms with Crippen LogP contribution in [0.2, 0.25) is 5.02 Å². The van der Waals surface area contributed by atoms with Crippen molar-refractivity contribution >= 4 is 24.2 Å². The number of aromatic nitrogens is 4. The summed E-state index contributed by atoms with van der Waals surface area (Å²) in [5, 5.41) is 0.686. The molecule has 1 saturated heterocycles. The minimum atomic E-state index is -0.306. The first-order valence-corrected chi connectivity index (χ1v) is 38.2. The van der Waals surface area contributed by atoms with Gasteiger partial charge in [-0.1, -0.05) is 329 Å². The maximum Gasteiger partial charge on any atom is 0.494 e. The maximum atomic E-state index is 6.31. The van der Waals surface area contributed by atoms with Crippen molar-refractivity contribution in [2.24, 2.45) is 0 Å². The van der Waals surface area contributed by atoms with E-state index in [4.69, 9.17) is 40.8 Å². The van der Waals surface area contributed by atoms with Crippen LogP contribution in [0.4, 0.5) is 0 Å². The fraction of sp³-hybridized carbons (Fsp3) is 0.184. The van der Waals surface area contributed by atoms with Gasteiger partial charge in [0.25, 0.3) is 0 Å². The van der Waals surface area contributed by atoms with Crippen LogP contribution in [0.25, 0.3) is 123 Å². The molecule has 0 amide bonds. The molecule has 19 rings (SSSR count). The van der Waals surface area contributed by atoms with Gasteiger partial charge in [-0.15, -0.1) is 0 Å². The second-order valence-electron chi connectivity index (χ2n) is 30.2. The lowest BCUT2D eigenvalue weighted by molar-refractivity contribution is 0.00578. The summed E-state index contributed by atoms with van der Waals surface area (Å²) in [6, 6.07) is 111. The summed E-state index contributed by atoms with van der Waals surface area (Å²) in [7, 11) is -0.296. The second-order valence-corrected chi connectivity index (χ2v) is 30.6. The van der Waals surface area contributed by atoms with Crippen molar-refractivity contribution in [3.05, 3.63) is 343 Å². The van der Waals surface area contributed by atoms with E-state index >= 15 is 0 Å². The number of hydrogen-bond acceptors (Lipinski definition) is 6. The summed E-state index contributed by atoms with van der Waals surface area (Å²) in [4.78, 5) is 19.9. The quantitative estimate of drug-likeness (QED) is 0.127. The second kappa shape index (κ2) is 28.8. The first-order chi connectivity index (χ1) is 51.8. The summed E-state index contributed by atoms with van der Waals surface area (Å²) in [5.41, 5.74) is 29.6. The number of fused-ring (bicyclic) bond motifs is 10. The van der Waals surface area contributed by atoms with Crippen LogP contribution >= 0.6 is 11.6 Å². The molecule has 3 fully saturated rings. The third-order valence-corrected chi connectivity index (χ3v) is 23.4. The minimum absolute atomic E-state index is 0.176. The number of nitrogens with zero attached hydrogens (tertiary/aromatic N) is 4. The van der Waals surface area contributed by atoms with Crippen LogP contribution < -0.4 is 5.46 Å². The van der Waals surface area contributed by atoms with Crippen LogP contribution in [0, 0.1) is 0 Å². The maximum absolute atomic E-state index is 6.31. The molecular formula is C98H84BClN4O2. The van der Waals surface area contributed by atoms with Gasteiger partial charge in [0.05, 0.1) is 34.0 Å². The van der Waals surface area contributed by atoms with Crippen LogP contribution in [0.15, 0.2) is 315 Å². The van der Waals surface area contributed by atoms with Gasteiger partial charge in [0.15, 0.2) is 11.6 Å². The van der Waals surface area contributed by atoms with Crippen molar-refractivity contribution in [2.45, 2.75) is 114 Å². The lowest BCUT2D eigenvalue weighted by Gasteiger charge is -2.36. The highest BCUT2D eigenvalue weighted by Gasteiger charge is 2.53. The smallest absolute Gasteiger partial charge is 0.399 e. The van der Waals surface area contributed by atoms with Crippen LogP contribution in [-0.4, -0.2) is 38.3 Å². The fourth-order valence-corrected chi connectivity index (χ4v) is 17.2. The van der Waals surface area contributed by atoms with Crippen molar-refractivity contribution in [1.82, 2.24) is 19.9 Å². The lowest BCUT2D eigenvalue weighted by atomic mass is 9.67. The summed E-state index contributed by atoms with van der Waals surface area (Å²) in [5.74, 6) is 1.42. The minimum Gasteiger partial charge on any atom is -0.399 e. The highest BCUT2D eigenvalue weighted by molar-refractivity contribution is 6.62. The highest BCUT2D eigenvalue weighted by Crippen LogP contribution is 2.58. The van der Waals surface area contributed by atoms with Crippen LogP contribution in [0.5, 0.6) is 0 Å². The zero-order valence-corrected chi connectivity index (χ0v) is 61.4. The Bertz CT molecular complexity index is 5490. The standard InChI is InChI=1S/C46H36N2.C28H19ClN2.C24H29BO2/c1-4-13-32(14-5-1)33-21-23-34(24-22-33)43-31-44(48-45(47-43)35-15-6-2-7-16-35)38-18-12-17-36(29-38)37-25-26-42-40(30-37)39-19-8-9-20-41(39)46(42)27-10-3-11-28-46;29-25-13-7-12-24(18-25)27-19-26(30-28(31-27)23-10-5-2-6-11-23)22-16-14-21(15-17-22)20-8-3-1-4-9-20;1-22(2)23(3,4)27-25(26-22)17-12-13-21-19(16-17)18-10-6-7-11-20(18)24(21)14-8-5-9-15-24/h1-2,4-9,12-26,29-31H,3,10-11,27-28H2;1-19H;6-7,10-13,16H,5,8-9,14-15H2,1-4H3. The molecular weight excluding hydrogens is 1310 g/mol. The van der Waals surface area contributed by atoms with Crippen LogP contribution in [-0.2, 0) is 20.1 Å². The van der Waals surface area contributed by atoms with Gasteiger partial charge < -0.3 is 9.31 Å². The molecule has 0 N–H and O–H groups in total. The van der Waals surface area contributed by atoms with E-state index in [1.807, 2.05) is 84.9 Å². The van der Waals surface area contributed by atoms with Gasteiger partial charge in [0, 0.05) is 49.2 Å². The lowest BCUT2D eigenvalue weighted by Crippen LogP contribution is -2.41. The molecule has 0 unspecified atom stereocenters. The molecule has 106 heavy (non-hydrogen) atoms. The molecule has 4 aliphatic carbocycles. The van der Waals surface area contributed by atoms with E-state index in [-0.39, 0.29) is 29.2 Å². The van der Waals surface area contributed by atoms with Crippen LogP contribution in [0.1, 0.15) is 114 Å². The van der Waals surface area contributed by atoms with E-state index in [0.717, 1.165) is 67.4 Å². The van der Waals surface area contributed by atoms with Crippen molar-refractivity contribution in [1.29, 1.82) is 0 Å². The van der Waals surface area contributed by atoms with E-state index in [2.05, 4.69) is 258 Å². The molecule has 0 bridgehead atoms. The molecule has 12 aromatic carbocycles. The van der Waals surface area contributed by atoms with Gasteiger partial charge in [-0.05, 0) is 173 Å². The molecule has 1 aliphatic heterocycles. The first kappa shape index (κ1) is 68.2. The topological polar surface area (TPSA) is 70.0 Å². The Morgan fingerprint density at radius 2 is 0.594 bits per heavy atom. The van der Waals surface area contributed by atoms with Crippen molar-refractivity contribution < 1.29 is 9.31 Å². The van der Waals surface area contributed by atoms with E-state index in [0.29, 0.717) is 10.8 Å². The summed E-state index contributed by atoms with van der Waals surface area (Å²) >= 11 is 6.24. The molecule has 0 atom stereocenters.